The smallest absolute Gasteiger partial charge is 0.306 e. The van der Waals surface area contributed by atoms with Crippen LogP contribution >= 0.6 is 11.3 Å². The van der Waals surface area contributed by atoms with Gasteiger partial charge in [-0.05, 0) is 69.5 Å². The summed E-state index contributed by atoms with van der Waals surface area (Å²) in [7, 11) is 2.01. The van der Waals surface area contributed by atoms with E-state index in [4.69, 9.17) is 9.72 Å². The van der Waals surface area contributed by atoms with Crippen LogP contribution in [0.1, 0.15) is 127 Å². The molecule has 2 N–H and O–H groups in total. The Hall–Kier alpha value is -3.15. The van der Waals surface area contributed by atoms with Crippen molar-refractivity contribution in [3.63, 3.8) is 0 Å². The van der Waals surface area contributed by atoms with E-state index in [1.54, 1.807) is 12.3 Å². The number of thiazole rings is 1. The Morgan fingerprint density at radius 2 is 1.77 bits per heavy atom. The zero-order valence-corrected chi connectivity index (χ0v) is 33.6. The number of carbonyl (C=O) groups is 4. The molecule has 1 aliphatic heterocycles. The maximum atomic E-state index is 14.6. The molecule has 1 saturated heterocycles. The number of ketones is 1. The Labute approximate surface area is 316 Å². The van der Waals surface area contributed by atoms with E-state index in [2.05, 4.69) is 44.8 Å². The number of nitrogens with one attached hydrogen (secondary N) is 1. The van der Waals surface area contributed by atoms with Crippen molar-refractivity contribution in [1.29, 1.82) is 0 Å². The zero-order valence-electron chi connectivity index (χ0n) is 32.8. The van der Waals surface area contributed by atoms with Gasteiger partial charge in [0.05, 0.1) is 17.0 Å². The van der Waals surface area contributed by atoms with E-state index in [0.29, 0.717) is 31.6 Å². The average Bonchev–Trinajstić information content (AvgIpc) is 3.62. The van der Waals surface area contributed by atoms with Crippen molar-refractivity contribution in [1.82, 2.24) is 20.1 Å². The van der Waals surface area contributed by atoms with E-state index in [0.717, 1.165) is 49.2 Å². The first-order valence-corrected chi connectivity index (χ1v) is 20.3. The molecule has 11 heteroatoms. The van der Waals surface area contributed by atoms with Crippen LogP contribution in [0.5, 0.6) is 0 Å². The maximum Gasteiger partial charge on any atom is 0.306 e. The number of carboxylic acids is 1. The number of likely N-dealkylation sites (N-methyl/N-ethyl adjacent to an activating group) is 1. The topological polar surface area (TPSA) is 129 Å². The first-order chi connectivity index (χ1) is 24.8. The van der Waals surface area contributed by atoms with Crippen molar-refractivity contribution in [2.45, 2.75) is 130 Å². The molecule has 0 spiro atoms. The van der Waals surface area contributed by atoms with Gasteiger partial charge in [0, 0.05) is 42.3 Å². The lowest BCUT2D eigenvalue weighted by atomic mass is 9.82. The summed E-state index contributed by atoms with van der Waals surface area (Å²) >= 11 is 1.42. The molecule has 0 radical (unpaired) electrons. The summed E-state index contributed by atoms with van der Waals surface area (Å²) in [6.07, 6.45) is 6.25. The molecule has 0 saturated carbocycles. The predicted molar refractivity (Wildman–Crippen MR) is 207 cm³/mol. The number of benzene rings is 1. The number of hydrogen-bond acceptors (Lipinski definition) is 8. The number of piperidine rings is 1. The average molecular weight is 741 g/mol. The SMILES string of the molecule is CCCOCN(C(=O)[C@@H](CC(=O)[C@H]1CCCCN1C)C(C)CC)[C@H](C[C@@H](C)c1nc(C(=O)N[C@@H](Cc2ccccc2)C[C@H](C)C(=O)O)cs1)C(C)C. The minimum absolute atomic E-state index is 0.0255. The van der Waals surface area contributed by atoms with Gasteiger partial charge >= 0.3 is 5.97 Å². The van der Waals surface area contributed by atoms with Gasteiger partial charge in [-0.15, -0.1) is 11.3 Å². The molecule has 0 aliphatic carbocycles. The number of aliphatic carboxylic acids is 1. The summed E-state index contributed by atoms with van der Waals surface area (Å²) in [5, 5.41) is 15.2. The zero-order chi connectivity index (χ0) is 38.4. The lowest BCUT2D eigenvalue weighted by molar-refractivity contribution is -0.150. The molecule has 52 heavy (non-hydrogen) atoms. The normalized spacial score (nSPS) is 18.6. The fourth-order valence-corrected chi connectivity index (χ4v) is 8.09. The Bertz CT molecular complexity index is 1420. The highest BCUT2D eigenvalue weighted by Crippen LogP contribution is 2.32. The largest absolute Gasteiger partial charge is 0.481 e. The standard InChI is InChI=1S/C41H64N4O6S/c1-9-20-51-26-45(40(48)33(28(5)10-2)24-37(46)35-18-14-15-19-44(35)8)36(27(3)4)22-29(6)39-43-34(25-52-39)38(47)42-32(21-30(7)41(49)50)23-31-16-12-11-13-17-31/h11-13,16-17,25,27-30,32-33,35-36H,9-10,14-15,18-24,26H2,1-8H3,(H,42,47)(H,49,50)/t28?,29-,30+,32-,33+,35-,36-/m1/s1. The quantitative estimate of drug-likeness (QED) is 0.0943. The highest BCUT2D eigenvalue weighted by molar-refractivity contribution is 7.09. The molecule has 1 fully saturated rings. The number of carboxylic acid groups (broad SMARTS) is 1. The van der Waals surface area contributed by atoms with Gasteiger partial charge in [-0.2, -0.15) is 0 Å². The van der Waals surface area contributed by atoms with E-state index < -0.39 is 17.8 Å². The van der Waals surface area contributed by atoms with Gasteiger partial charge in [0.1, 0.15) is 12.4 Å². The summed E-state index contributed by atoms with van der Waals surface area (Å²) < 4.78 is 6.05. The number of carbonyl (C=O) groups excluding carboxylic acids is 3. The molecule has 10 nitrogen and oxygen atoms in total. The maximum absolute atomic E-state index is 14.6. The Morgan fingerprint density at radius 1 is 1.06 bits per heavy atom. The van der Waals surface area contributed by atoms with Crippen molar-refractivity contribution < 1.29 is 29.0 Å². The van der Waals surface area contributed by atoms with Gasteiger partial charge in [-0.1, -0.05) is 91.6 Å². The Balaban J connectivity index is 1.80. The summed E-state index contributed by atoms with van der Waals surface area (Å²) in [5.41, 5.74) is 1.32. The van der Waals surface area contributed by atoms with Crippen molar-refractivity contribution in [3.05, 3.63) is 52.0 Å². The van der Waals surface area contributed by atoms with Gasteiger partial charge in [0.25, 0.3) is 5.91 Å². The van der Waals surface area contributed by atoms with E-state index in [-0.39, 0.29) is 66.6 Å². The van der Waals surface area contributed by atoms with E-state index >= 15 is 0 Å². The van der Waals surface area contributed by atoms with Crippen LogP contribution in [0.3, 0.4) is 0 Å². The molecule has 2 heterocycles. The van der Waals surface area contributed by atoms with Crippen LogP contribution in [0, 0.1) is 23.7 Å². The molecule has 1 aliphatic rings. The van der Waals surface area contributed by atoms with Crippen LogP contribution in [0.15, 0.2) is 35.7 Å². The molecule has 2 amide bonds. The van der Waals surface area contributed by atoms with Gasteiger partial charge in [0.15, 0.2) is 5.78 Å². The van der Waals surface area contributed by atoms with E-state index in [1.165, 1.54) is 11.3 Å². The molecule has 3 rings (SSSR count). The second-order valence-electron chi connectivity index (χ2n) is 15.4. The van der Waals surface area contributed by atoms with Crippen molar-refractivity contribution >= 4 is 34.9 Å². The first kappa shape index (κ1) is 43.3. The van der Waals surface area contributed by atoms with Gasteiger partial charge in [0.2, 0.25) is 5.91 Å². The van der Waals surface area contributed by atoms with Crippen LogP contribution in [0.4, 0.5) is 0 Å². The number of aromatic nitrogens is 1. The van der Waals surface area contributed by atoms with Crippen LogP contribution in [0.2, 0.25) is 0 Å². The van der Waals surface area contributed by atoms with E-state index in [9.17, 15) is 24.3 Å². The van der Waals surface area contributed by atoms with Gasteiger partial charge in [-0.3, -0.25) is 24.1 Å². The van der Waals surface area contributed by atoms with Gasteiger partial charge < -0.3 is 20.1 Å². The van der Waals surface area contributed by atoms with Crippen LogP contribution in [-0.2, 0) is 25.5 Å². The van der Waals surface area contributed by atoms with Crippen LogP contribution < -0.4 is 5.32 Å². The second kappa shape index (κ2) is 21.5. The number of Topliss-reactive ketones (excluding diaryl/α,β-unsaturated/α-hetero) is 1. The summed E-state index contributed by atoms with van der Waals surface area (Å²) in [6.45, 7) is 15.8. The third-order valence-corrected chi connectivity index (χ3v) is 11.8. The number of ether oxygens (including phenoxy) is 1. The minimum Gasteiger partial charge on any atom is -0.481 e. The summed E-state index contributed by atoms with van der Waals surface area (Å²) in [5.74, 6) is -2.08. The number of nitrogens with zero attached hydrogens (tertiary/aromatic N) is 3. The number of rotatable bonds is 22. The molecule has 2 aromatic rings. The molecule has 290 valence electrons. The second-order valence-corrected chi connectivity index (χ2v) is 16.2. The number of likely N-dealkylation sites (tertiary alicyclic amines) is 1. The summed E-state index contributed by atoms with van der Waals surface area (Å²) in [4.78, 5) is 62.2. The van der Waals surface area contributed by atoms with Crippen molar-refractivity contribution in [2.24, 2.45) is 23.7 Å². The lowest BCUT2D eigenvalue weighted by Gasteiger charge is -2.39. The lowest BCUT2D eigenvalue weighted by Crippen LogP contribution is -2.50. The van der Waals surface area contributed by atoms with Crippen LogP contribution in [-0.4, -0.2) is 88.5 Å². The predicted octanol–water partition coefficient (Wildman–Crippen LogP) is 7.43. The molecule has 0 bridgehead atoms. The highest BCUT2D eigenvalue weighted by atomic mass is 32.1. The Kier molecular flexibility index (Phi) is 17.9. The monoisotopic (exact) mass is 740 g/mol. The van der Waals surface area contributed by atoms with Crippen LogP contribution in [0.25, 0.3) is 0 Å². The third kappa shape index (κ3) is 12.8. The van der Waals surface area contributed by atoms with Gasteiger partial charge in [-0.25, -0.2) is 4.98 Å². The molecule has 1 aromatic carbocycles. The fourth-order valence-electron chi connectivity index (χ4n) is 7.21. The molecular weight excluding hydrogens is 677 g/mol. The molecule has 1 unspecified atom stereocenters. The minimum atomic E-state index is -0.900. The summed E-state index contributed by atoms with van der Waals surface area (Å²) in [6, 6.07) is 9.04. The fraction of sp³-hybridized carbons (Fsp3) is 0.683. The number of amides is 2. The molecule has 1 aromatic heterocycles. The Morgan fingerprint density at radius 3 is 2.38 bits per heavy atom. The molecular formula is C41H64N4O6S. The highest BCUT2D eigenvalue weighted by Gasteiger charge is 2.38. The number of hydrogen-bond donors (Lipinski definition) is 2. The van der Waals surface area contributed by atoms with Crippen molar-refractivity contribution in [3.8, 4) is 0 Å². The first-order valence-electron chi connectivity index (χ1n) is 19.4. The van der Waals surface area contributed by atoms with E-state index in [1.807, 2.05) is 49.2 Å². The third-order valence-electron chi connectivity index (χ3n) is 10.7. The molecule has 7 atom stereocenters. The van der Waals surface area contributed by atoms with Crippen molar-refractivity contribution in [2.75, 3.05) is 26.9 Å².